The number of rotatable bonds is 1. The highest BCUT2D eigenvalue weighted by atomic mass is 31.2. The normalized spacial score (nSPS) is 11.2. The number of aromatic amines is 1. The molecule has 21 heavy (non-hydrogen) atoms. The highest BCUT2D eigenvalue weighted by Gasteiger charge is 2.12. The van der Waals surface area contributed by atoms with E-state index in [9.17, 15) is 4.79 Å². The number of phosphoric acid groups is 1. The van der Waals surface area contributed by atoms with Crippen LogP contribution in [0.5, 0.6) is 0 Å². The van der Waals surface area contributed by atoms with Crippen LogP contribution >= 0.6 is 7.82 Å². The van der Waals surface area contributed by atoms with Crippen molar-refractivity contribution < 1.29 is 24.0 Å². The van der Waals surface area contributed by atoms with Gasteiger partial charge < -0.3 is 20.4 Å². The van der Waals surface area contributed by atoms with Crippen molar-refractivity contribution in [1.82, 2.24) is 20.2 Å². The summed E-state index contributed by atoms with van der Waals surface area (Å²) in [6, 6.07) is 3.62. The van der Waals surface area contributed by atoms with Crippen molar-refractivity contribution in [2.45, 2.75) is 0 Å². The number of primary amides is 1. The second-order valence-corrected chi connectivity index (χ2v) is 4.92. The van der Waals surface area contributed by atoms with E-state index in [0.717, 1.165) is 5.39 Å². The van der Waals surface area contributed by atoms with Crippen molar-refractivity contribution in [1.29, 1.82) is 0 Å². The number of nitrogens with zero attached hydrogens (tertiary/aromatic N) is 3. The van der Waals surface area contributed by atoms with Gasteiger partial charge in [0.05, 0.1) is 0 Å². The fourth-order valence-corrected chi connectivity index (χ4v) is 1.71. The molecule has 0 bridgehead atoms. The Labute approximate surface area is 116 Å². The second-order valence-electron chi connectivity index (χ2n) is 3.90. The van der Waals surface area contributed by atoms with E-state index in [-0.39, 0.29) is 0 Å². The Morgan fingerprint density at radius 2 is 1.90 bits per heavy atom. The van der Waals surface area contributed by atoms with Gasteiger partial charge in [0.2, 0.25) is 0 Å². The molecule has 110 valence electrons. The van der Waals surface area contributed by atoms with Gasteiger partial charge in [-0.2, -0.15) is 5.10 Å². The van der Waals surface area contributed by atoms with E-state index in [1.165, 1.54) is 6.33 Å². The molecule has 10 nitrogen and oxygen atoms in total. The first kappa shape index (κ1) is 15.0. The lowest BCUT2D eigenvalue weighted by Gasteiger charge is -1.96. The molecule has 0 unspecified atom stereocenters. The summed E-state index contributed by atoms with van der Waals surface area (Å²) in [6.45, 7) is 0. The van der Waals surface area contributed by atoms with Crippen LogP contribution in [0.25, 0.3) is 21.8 Å². The molecule has 0 saturated heterocycles. The van der Waals surface area contributed by atoms with Crippen LogP contribution in [-0.4, -0.2) is 40.8 Å². The van der Waals surface area contributed by atoms with Crippen LogP contribution in [0.1, 0.15) is 10.5 Å². The average Bonchev–Trinajstić information content (AvgIpc) is 2.81. The van der Waals surface area contributed by atoms with Crippen LogP contribution in [0.4, 0.5) is 0 Å². The molecule has 0 spiro atoms. The molecule has 3 aromatic rings. The van der Waals surface area contributed by atoms with Crippen LogP contribution in [0, 0.1) is 0 Å². The topological polar surface area (TPSA) is 175 Å². The van der Waals surface area contributed by atoms with Crippen LogP contribution in [0.3, 0.4) is 0 Å². The molecular weight excluding hydrogens is 301 g/mol. The Morgan fingerprint density at radius 1 is 1.24 bits per heavy atom. The van der Waals surface area contributed by atoms with E-state index >= 15 is 0 Å². The van der Waals surface area contributed by atoms with Crippen molar-refractivity contribution in [3.05, 3.63) is 30.4 Å². The van der Waals surface area contributed by atoms with Gasteiger partial charge in [0.25, 0.3) is 5.91 Å². The number of carbonyl (C=O) groups excluding carboxylic acids is 1. The number of H-pyrrole nitrogens is 1. The molecule has 0 aliphatic rings. The average molecular weight is 311 g/mol. The molecule has 3 rings (SSSR count). The monoisotopic (exact) mass is 311 g/mol. The summed E-state index contributed by atoms with van der Waals surface area (Å²) in [5.74, 6) is -0.532. The zero-order valence-corrected chi connectivity index (χ0v) is 11.2. The molecule has 2 heterocycles. The first-order valence-corrected chi connectivity index (χ1v) is 6.99. The SMILES string of the molecule is NC(=O)c1[nH]nc2c1ccc1cncnc12.O=P(O)(O)O. The molecule has 0 atom stereocenters. The minimum absolute atomic E-state index is 0.301. The number of aromatic nitrogens is 4. The Bertz CT molecular complexity index is 849. The van der Waals surface area contributed by atoms with E-state index in [1.807, 2.05) is 6.07 Å². The lowest BCUT2D eigenvalue weighted by Crippen LogP contribution is -2.11. The van der Waals surface area contributed by atoms with Crippen molar-refractivity contribution in [3.63, 3.8) is 0 Å². The van der Waals surface area contributed by atoms with Gasteiger partial charge in [-0.15, -0.1) is 0 Å². The Balaban J connectivity index is 0.000000282. The van der Waals surface area contributed by atoms with Gasteiger partial charge >= 0.3 is 7.82 Å². The third-order valence-corrected chi connectivity index (χ3v) is 2.44. The largest absolute Gasteiger partial charge is 0.466 e. The van der Waals surface area contributed by atoms with Crippen LogP contribution < -0.4 is 5.73 Å². The van der Waals surface area contributed by atoms with Gasteiger partial charge in [-0.1, -0.05) is 6.07 Å². The summed E-state index contributed by atoms with van der Waals surface area (Å²) in [7, 11) is -4.64. The Kier molecular flexibility index (Phi) is 3.96. The van der Waals surface area contributed by atoms with Crippen molar-refractivity contribution >= 4 is 35.5 Å². The Hall–Kier alpha value is -2.39. The molecule has 0 radical (unpaired) electrons. The lowest BCUT2D eigenvalue weighted by molar-refractivity contribution is 0.0997. The van der Waals surface area contributed by atoms with Gasteiger partial charge in [0.1, 0.15) is 23.1 Å². The summed E-state index contributed by atoms with van der Waals surface area (Å²) < 4.78 is 8.88. The second kappa shape index (κ2) is 5.54. The number of hydrogen-bond acceptors (Lipinski definition) is 5. The van der Waals surface area contributed by atoms with E-state index in [0.29, 0.717) is 22.1 Å². The number of amides is 1. The maximum absolute atomic E-state index is 11.1. The first-order valence-electron chi connectivity index (χ1n) is 5.42. The number of nitrogens with one attached hydrogen (secondary N) is 1. The minimum Gasteiger partial charge on any atom is -0.364 e. The third-order valence-electron chi connectivity index (χ3n) is 2.44. The fourth-order valence-electron chi connectivity index (χ4n) is 1.71. The molecular formula is C10H10N5O5P. The van der Waals surface area contributed by atoms with Crippen LogP contribution in [-0.2, 0) is 4.57 Å². The van der Waals surface area contributed by atoms with Gasteiger partial charge in [-0.05, 0) is 6.07 Å². The van der Waals surface area contributed by atoms with Crippen LogP contribution in [0.2, 0.25) is 0 Å². The predicted molar refractivity (Wildman–Crippen MR) is 72.0 cm³/mol. The highest BCUT2D eigenvalue weighted by Crippen LogP contribution is 2.26. The van der Waals surface area contributed by atoms with Gasteiger partial charge in [0, 0.05) is 17.0 Å². The molecule has 0 fully saturated rings. The van der Waals surface area contributed by atoms with Crippen molar-refractivity contribution in [2.75, 3.05) is 0 Å². The summed E-state index contributed by atoms with van der Waals surface area (Å²) in [5.41, 5.74) is 6.86. The molecule has 0 aliphatic heterocycles. The first-order chi connectivity index (χ1) is 9.77. The van der Waals surface area contributed by atoms with Gasteiger partial charge in [-0.25, -0.2) is 14.5 Å². The minimum atomic E-state index is -4.64. The molecule has 2 aromatic heterocycles. The number of carbonyl (C=O) groups is 1. The van der Waals surface area contributed by atoms with Crippen molar-refractivity contribution in [3.8, 4) is 0 Å². The quantitative estimate of drug-likeness (QED) is 0.379. The summed E-state index contributed by atoms with van der Waals surface area (Å²) in [5, 5.41) is 8.22. The molecule has 11 heteroatoms. The maximum Gasteiger partial charge on any atom is 0.466 e. The lowest BCUT2D eigenvalue weighted by atomic mass is 10.1. The van der Waals surface area contributed by atoms with E-state index in [1.54, 1.807) is 12.3 Å². The van der Waals surface area contributed by atoms with E-state index in [2.05, 4.69) is 20.2 Å². The molecule has 0 aliphatic carbocycles. The molecule has 6 N–H and O–H groups in total. The summed E-state index contributed by atoms with van der Waals surface area (Å²) >= 11 is 0. The standard InChI is InChI=1S/C10H7N5O.H3O4P/c11-10(16)9-6-2-1-5-3-12-4-13-7(5)8(6)14-15-9;1-5(2,3)4/h1-4H,(H2,11,16)(H,14,15);(H3,1,2,3,4). The van der Waals surface area contributed by atoms with Crippen molar-refractivity contribution in [2.24, 2.45) is 5.73 Å². The number of hydrogen-bond donors (Lipinski definition) is 5. The van der Waals surface area contributed by atoms with E-state index < -0.39 is 13.7 Å². The Morgan fingerprint density at radius 3 is 2.52 bits per heavy atom. The number of nitrogens with two attached hydrogens (primary N) is 1. The van der Waals surface area contributed by atoms with Gasteiger partial charge in [0.15, 0.2) is 0 Å². The summed E-state index contributed by atoms with van der Waals surface area (Å²) in [6.07, 6.45) is 3.14. The maximum atomic E-state index is 11.1. The smallest absolute Gasteiger partial charge is 0.364 e. The zero-order valence-electron chi connectivity index (χ0n) is 10.3. The molecule has 1 amide bonds. The molecule has 1 aromatic carbocycles. The summed E-state index contributed by atoms with van der Waals surface area (Å²) in [4.78, 5) is 40.7. The molecule has 0 saturated carbocycles. The highest BCUT2D eigenvalue weighted by molar-refractivity contribution is 7.45. The predicted octanol–water partition coefficient (Wildman–Crippen LogP) is -0.324. The van der Waals surface area contributed by atoms with Gasteiger partial charge in [-0.3, -0.25) is 9.89 Å². The van der Waals surface area contributed by atoms with Crippen LogP contribution in [0.15, 0.2) is 24.7 Å². The third kappa shape index (κ3) is 3.58. The number of fused-ring (bicyclic) bond motifs is 3. The zero-order chi connectivity index (χ0) is 15.6. The number of benzene rings is 1. The fraction of sp³-hybridized carbons (Fsp3) is 0. The van der Waals surface area contributed by atoms with E-state index in [4.69, 9.17) is 25.0 Å².